The molecular formula is C17H22O3. The van der Waals surface area contributed by atoms with E-state index in [0.717, 1.165) is 30.9 Å². The van der Waals surface area contributed by atoms with E-state index in [0.29, 0.717) is 18.3 Å². The maximum absolute atomic E-state index is 12.6. The minimum absolute atomic E-state index is 0.139. The van der Waals surface area contributed by atoms with E-state index in [2.05, 4.69) is 13.8 Å². The zero-order valence-electron chi connectivity index (χ0n) is 12.2. The minimum Gasteiger partial charge on any atom is -0.485 e. The molecule has 4 atom stereocenters. The van der Waals surface area contributed by atoms with Gasteiger partial charge in [0, 0.05) is 5.92 Å². The number of hydrogen-bond acceptors (Lipinski definition) is 3. The molecule has 1 saturated carbocycles. The van der Waals surface area contributed by atoms with E-state index in [9.17, 15) is 4.79 Å². The van der Waals surface area contributed by atoms with E-state index in [1.807, 2.05) is 24.3 Å². The molecule has 1 heterocycles. The Labute approximate surface area is 120 Å². The summed E-state index contributed by atoms with van der Waals surface area (Å²) in [6.45, 7) is 4.87. The number of ether oxygens (including phenoxy) is 2. The van der Waals surface area contributed by atoms with Gasteiger partial charge >= 0.3 is 0 Å². The summed E-state index contributed by atoms with van der Waals surface area (Å²) >= 11 is 0. The van der Waals surface area contributed by atoms with Crippen molar-refractivity contribution in [1.29, 1.82) is 0 Å². The smallest absolute Gasteiger partial charge is 0.191 e. The number of benzene rings is 1. The van der Waals surface area contributed by atoms with Crippen molar-refractivity contribution in [1.82, 2.24) is 0 Å². The van der Waals surface area contributed by atoms with Gasteiger partial charge < -0.3 is 9.47 Å². The summed E-state index contributed by atoms with van der Waals surface area (Å²) in [6, 6.07) is 7.55. The predicted octanol–water partition coefficient (Wildman–Crippen LogP) is 3.47. The van der Waals surface area contributed by atoms with Gasteiger partial charge in [-0.3, -0.25) is 4.79 Å². The first-order valence-corrected chi connectivity index (χ1v) is 7.57. The molecule has 3 heteroatoms. The summed E-state index contributed by atoms with van der Waals surface area (Å²) in [5, 5.41) is 0. The topological polar surface area (TPSA) is 35.5 Å². The third kappa shape index (κ3) is 2.54. The average molecular weight is 274 g/mol. The summed E-state index contributed by atoms with van der Waals surface area (Å²) in [4.78, 5) is 12.6. The van der Waals surface area contributed by atoms with Crippen LogP contribution < -0.4 is 9.47 Å². The van der Waals surface area contributed by atoms with E-state index < -0.39 is 6.10 Å². The van der Waals surface area contributed by atoms with Crippen LogP contribution in [0.2, 0.25) is 0 Å². The number of hydrogen-bond donors (Lipinski definition) is 0. The van der Waals surface area contributed by atoms with Gasteiger partial charge in [0.1, 0.15) is 6.61 Å². The van der Waals surface area contributed by atoms with Gasteiger partial charge in [0.2, 0.25) is 0 Å². The first-order chi connectivity index (χ1) is 9.65. The van der Waals surface area contributed by atoms with Crippen LogP contribution in [-0.2, 0) is 4.79 Å². The molecule has 1 fully saturated rings. The first-order valence-electron chi connectivity index (χ1n) is 7.57. The van der Waals surface area contributed by atoms with Crippen molar-refractivity contribution in [2.24, 2.45) is 17.8 Å². The molecule has 0 amide bonds. The van der Waals surface area contributed by atoms with Crippen molar-refractivity contribution in [3.8, 4) is 11.5 Å². The Morgan fingerprint density at radius 2 is 1.85 bits per heavy atom. The lowest BCUT2D eigenvalue weighted by Crippen LogP contribution is -2.42. The lowest BCUT2D eigenvalue weighted by atomic mass is 9.73. The van der Waals surface area contributed by atoms with Gasteiger partial charge in [-0.05, 0) is 43.2 Å². The summed E-state index contributed by atoms with van der Waals surface area (Å²) in [7, 11) is 0. The van der Waals surface area contributed by atoms with Gasteiger partial charge in [0.25, 0.3) is 0 Å². The average Bonchev–Trinajstić information content (AvgIpc) is 2.49. The molecule has 1 aliphatic carbocycles. The normalized spacial score (nSPS) is 32.7. The lowest BCUT2D eigenvalue weighted by molar-refractivity contribution is -0.134. The quantitative estimate of drug-likeness (QED) is 0.828. The highest BCUT2D eigenvalue weighted by molar-refractivity contribution is 5.86. The molecule has 2 aliphatic rings. The molecule has 3 nitrogen and oxygen atoms in total. The summed E-state index contributed by atoms with van der Waals surface area (Å²) < 4.78 is 11.5. The number of carbonyl (C=O) groups is 1. The molecule has 3 rings (SSSR count). The third-order valence-electron chi connectivity index (χ3n) is 4.83. The highest BCUT2D eigenvalue weighted by atomic mass is 16.6. The van der Waals surface area contributed by atoms with E-state index in [1.54, 1.807) is 0 Å². The van der Waals surface area contributed by atoms with Crippen molar-refractivity contribution >= 4 is 5.78 Å². The monoisotopic (exact) mass is 274 g/mol. The Morgan fingerprint density at radius 1 is 1.10 bits per heavy atom. The van der Waals surface area contributed by atoms with E-state index in [4.69, 9.17) is 9.47 Å². The van der Waals surface area contributed by atoms with Gasteiger partial charge in [0.05, 0.1) is 0 Å². The Hall–Kier alpha value is -1.51. The Kier molecular flexibility index (Phi) is 3.68. The molecule has 0 bridgehead atoms. The number of ketones is 1. The zero-order valence-corrected chi connectivity index (χ0v) is 12.2. The van der Waals surface area contributed by atoms with E-state index >= 15 is 0 Å². The molecule has 0 aromatic heterocycles. The molecule has 4 unspecified atom stereocenters. The number of para-hydroxylation sites is 2. The SMILES string of the molecule is CC1CCC(C(=O)C2COc3ccccc3O2)CC1C. The number of rotatable bonds is 2. The molecule has 0 spiro atoms. The molecule has 108 valence electrons. The number of carbonyl (C=O) groups excluding carboxylic acids is 1. The third-order valence-corrected chi connectivity index (χ3v) is 4.83. The van der Waals surface area contributed by atoms with Crippen LogP contribution in [0.15, 0.2) is 24.3 Å². The predicted molar refractivity (Wildman–Crippen MR) is 77.0 cm³/mol. The standard InChI is InChI=1S/C17H22O3/c1-11-7-8-13(9-12(11)2)17(18)16-10-19-14-5-3-4-6-15(14)20-16/h3-6,11-13,16H,7-10H2,1-2H3. The lowest BCUT2D eigenvalue weighted by Gasteiger charge is -2.34. The van der Waals surface area contributed by atoms with E-state index in [1.165, 1.54) is 0 Å². The summed E-state index contributed by atoms with van der Waals surface area (Å²) in [5.74, 6) is 3.13. The van der Waals surface area contributed by atoms with Crippen LogP contribution in [0.3, 0.4) is 0 Å². The molecule has 0 N–H and O–H groups in total. The van der Waals surface area contributed by atoms with E-state index in [-0.39, 0.29) is 11.7 Å². The zero-order chi connectivity index (χ0) is 14.1. The maximum atomic E-state index is 12.6. The molecular weight excluding hydrogens is 252 g/mol. The summed E-state index contributed by atoms with van der Waals surface area (Å²) in [6.07, 6.45) is 2.69. The van der Waals surface area contributed by atoms with Gasteiger partial charge in [0.15, 0.2) is 23.4 Å². The van der Waals surface area contributed by atoms with Crippen LogP contribution in [0, 0.1) is 17.8 Å². The second kappa shape index (κ2) is 5.47. The second-order valence-corrected chi connectivity index (χ2v) is 6.23. The Bertz CT molecular complexity index is 497. The molecule has 0 radical (unpaired) electrons. The van der Waals surface area contributed by atoms with Crippen molar-refractivity contribution in [3.63, 3.8) is 0 Å². The fraction of sp³-hybridized carbons (Fsp3) is 0.588. The Balaban J connectivity index is 1.67. The van der Waals surface area contributed by atoms with Crippen molar-refractivity contribution in [3.05, 3.63) is 24.3 Å². The molecule has 1 aromatic carbocycles. The maximum Gasteiger partial charge on any atom is 0.191 e. The Morgan fingerprint density at radius 3 is 2.60 bits per heavy atom. The molecule has 20 heavy (non-hydrogen) atoms. The number of fused-ring (bicyclic) bond motifs is 1. The molecule has 1 aliphatic heterocycles. The fourth-order valence-electron chi connectivity index (χ4n) is 3.23. The second-order valence-electron chi connectivity index (χ2n) is 6.23. The van der Waals surface area contributed by atoms with Crippen LogP contribution in [0.25, 0.3) is 0 Å². The molecule has 0 saturated heterocycles. The largest absolute Gasteiger partial charge is 0.485 e. The first kappa shape index (κ1) is 13.5. The van der Waals surface area contributed by atoms with Gasteiger partial charge in [-0.2, -0.15) is 0 Å². The summed E-state index contributed by atoms with van der Waals surface area (Å²) in [5.41, 5.74) is 0. The van der Waals surface area contributed by atoms with Crippen molar-refractivity contribution < 1.29 is 14.3 Å². The minimum atomic E-state index is -0.435. The van der Waals surface area contributed by atoms with Crippen LogP contribution in [-0.4, -0.2) is 18.5 Å². The van der Waals surface area contributed by atoms with Crippen molar-refractivity contribution in [2.75, 3.05) is 6.61 Å². The van der Waals surface area contributed by atoms with Crippen LogP contribution in [0.1, 0.15) is 33.1 Å². The van der Waals surface area contributed by atoms with Crippen molar-refractivity contribution in [2.45, 2.75) is 39.2 Å². The van der Waals surface area contributed by atoms with Gasteiger partial charge in [-0.25, -0.2) is 0 Å². The number of Topliss-reactive ketones (excluding diaryl/α,β-unsaturated/α-hetero) is 1. The van der Waals surface area contributed by atoms with Crippen LogP contribution in [0.4, 0.5) is 0 Å². The van der Waals surface area contributed by atoms with Crippen LogP contribution in [0.5, 0.6) is 11.5 Å². The highest BCUT2D eigenvalue weighted by Gasteiger charge is 2.36. The fourth-order valence-corrected chi connectivity index (χ4v) is 3.23. The van der Waals surface area contributed by atoms with Crippen LogP contribution >= 0.6 is 0 Å². The highest BCUT2D eigenvalue weighted by Crippen LogP contribution is 2.36. The van der Waals surface area contributed by atoms with Gasteiger partial charge in [-0.15, -0.1) is 0 Å². The van der Waals surface area contributed by atoms with Gasteiger partial charge in [-0.1, -0.05) is 26.0 Å². The molecule has 1 aromatic rings.